The Balaban J connectivity index is 1.19. The van der Waals surface area contributed by atoms with E-state index in [-0.39, 0.29) is 18.0 Å². The predicted octanol–water partition coefficient (Wildman–Crippen LogP) is 4.01. The van der Waals surface area contributed by atoms with Crippen LogP contribution in [0.4, 0.5) is 27.4 Å². The van der Waals surface area contributed by atoms with Crippen LogP contribution in [0.1, 0.15) is 28.8 Å². The van der Waals surface area contributed by atoms with Crippen LogP contribution in [0.5, 0.6) is 0 Å². The maximum atomic E-state index is 12.4. The van der Waals surface area contributed by atoms with Crippen LogP contribution in [0.25, 0.3) is 0 Å². The number of aliphatic imine (C=N–C) groups is 1. The zero-order chi connectivity index (χ0) is 22.8. The Kier molecular flexibility index (Phi) is 5.88. The van der Waals surface area contributed by atoms with Gasteiger partial charge in [0.05, 0.1) is 11.8 Å². The summed E-state index contributed by atoms with van der Waals surface area (Å²) < 4.78 is 0. The molecule has 168 valence electrons. The molecule has 2 aliphatic rings. The van der Waals surface area contributed by atoms with Crippen LogP contribution in [-0.4, -0.2) is 57.1 Å². The maximum Gasteiger partial charge on any atom is 0.323 e. The van der Waals surface area contributed by atoms with Crippen molar-refractivity contribution in [2.45, 2.75) is 18.9 Å². The molecule has 1 saturated heterocycles. The lowest BCUT2D eigenvalue weighted by Gasteiger charge is -2.32. The first-order chi connectivity index (χ1) is 16.0. The molecule has 3 aromatic rings. The summed E-state index contributed by atoms with van der Waals surface area (Å²) in [5.74, 6) is 0.665. The fourth-order valence-electron chi connectivity index (χ4n) is 3.67. The number of likely N-dealkylation sites (tertiary alicyclic amines) is 1. The number of hydrogen-bond acceptors (Lipinski definition) is 8. The van der Waals surface area contributed by atoms with E-state index in [0.717, 1.165) is 24.1 Å². The van der Waals surface area contributed by atoms with Crippen molar-refractivity contribution in [3.63, 3.8) is 0 Å². The number of nitrogens with one attached hydrogen (secondary N) is 3. The van der Waals surface area contributed by atoms with Gasteiger partial charge in [-0.05, 0) is 31.0 Å². The van der Waals surface area contributed by atoms with Crippen molar-refractivity contribution in [1.82, 2.24) is 19.9 Å². The largest absolute Gasteiger partial charge is 0.366 e. The summed E-state index contributed by atoms with van der Waals surface area (Å²) in [5.41, 5.74) is 2.07. The molecule has 0 spiro atoms. The number of urea groups is 1. The van der Waals surface area contributed by atoms with E-state index in [1.54, 1.807) is 29.4 Å². The summed E-state index contributed by atoms with van der Waals surface area (Å²) in [7, 11) is 0. The molecule has 10 nitrogen and oxygen atoms in total. The molecule has 0 unspecified atom stereocenters. The zero-order valence-corrected chi connectivity index (χ0v) is 18.9. The number of amides is 3. The highest BCUT2D eigenvalue weighted by Gasteiger charge is 2.24. The molecular formula is C21H19ClN8O2S. The number of piperidine rings is 1. The highest BCUT2D eigenvalue weighted by atomic mass is 35.5. The van der Waals surface area contributed by atoms with Crippen molar-refractivity contribution in [3.05, 3.63) is 52.1 Å². The number of carbonyl (C=O) groups excluding carboxylic acids is 2. The van der Waals surface area contributed by atoms with Gasteiger partial charge in [-0.25, -0.2) is 19.8 Å². The van der Waals surface area contributed by atoms with Crippen molar-refractivity contribution in [2.24, 2.45) is 4.99 Å². The molecule has 0 bridgehead atoms. The number of benzene rings is 1. The highest BCUT2D eigenvalue weighted by Crippen LogP contribution is 2.26. The third-order valence-corrected chi connectivity index (χ3v) is 6.34. The first-order valence-corrected chi connectivity index (χ1v) is 11.5. The third kappa shape index (κ3) is 4.78. The second-order valence-electron chi connectivity index (χ2n) is 7.55. The number of thiazole rings is 1. The summed E-state index contributed by atoms with van der Waals surface area (Å²) in [6.45, 7) is 1.22. The number of rotatable bonds is 5. The molecule has 2 aliphatic heterocycles. The molecule has 0 saturated carbocycles. The standard InChI is InChI=1S/C21H19ClN8O2S/c22-16-11-25-19(27-14-1-2-15-12(9-14)10-24-18(15)31)28-17(16)26-13-3-6-30(7-4-13)21(32)29-20-23-5-8-33-20/h1-2,5,8-11,13H,3-4,6-7H2,(H,23,29,32)(H2,25,26,27,28). The Morgan fingerprint density at radius 2 is 2.06 bits per heavy atom. The molecule has 5 rings (SSSR count). The summed E-state index contributed by atoms with van der Waals surface area (Å²) >= 11 is 7.71. The van der Waals surface area contributed by atoms with E-state index in [0.29, 0.717) is 40.6 Å². The van der Waals surface area contributed by atoms with Crippen LogP contribution >= 0.6 is 22.9 Å². The first kappa shape index (κ1) is 21.3. The fourth-order valence-corrected chi connectivity index (χ4v) is 4.34. The van der Waals surface area contributed by atoms with Gasteiger partial charge >= 0.3 is 6.03 Å². The molecule has 0 radical (unpaired) electrons. The summed E-state index contributed by atoms with van der Waals surface area (Å²) in [6, 6.07) is 5.30. The molecule has 3 amide bonds. The Morgan fingerprint density at radius 3 is 2.85 bits per heavy atom. The number of fused-ring (bicyclic) bond motifs is 1. The number of halogens is 1. The van der Waals surface area contributed by atoms with E-state index in [9.17, 15) is 9.59 Å². The molecule has 4 heterocycles. The van der Waals surface area contributed by atoms with E-state index in [4.69, 9.17) is 11.6 Å². The van der Waals surface area contributed by atoms with Gasteiger partial charge in [-0.2, -0.15) is 4.98 Å². The van der Waals surface area contributed by atoms with Gasteiger partial charge in [0, 0.05) is 48.2 Å². The van der Waals surface area contributed by atoms with Gasteiger partial charge in [0.15, 0.2) is 10.9 Å². The van der Waals surface area contributed by atoms with Crippen LogP contribution in [0, 0.1) is 0 Å². The van der Waals surface area contributed by atoms with E-state index in [1.807, 2.05) is 11.4 Å². The normalized spacial score (nSPS) is 15.4. The van der Waals surface area contributed by atoms with Crippen molar-refractivity contribution in [2.75, 3.05) is 29.0 Å². The number of aromatic nitrogens is 3. The van der Waals surface area contributed by atoms with Crippen molar-refractivity contribution in [3.8, 4) is 0 Å². The minimum absolute atomic E-state index is 0.122. The minimum Gasteiger partial charge on any atom is -0.366 e. The van der Waals surface area contributed by atoms with Crippen molar-refractivity contribution >= 4 is 63.7 Å². The Hall–Kier alpha value is -3.57. The minimum atomic E-state index is -0.238. The second-order valence-corrected chi connectivity index (χ2v) is 8.86. The van der Waals surface area contributed by atoms with E-state index >= 15 is 0 Å². The maximum absolute atomic E-state index is 12.4. The van der Waals surface area contributed by atoms with E-state index < -0.39 is 0 Å². The molecule has 1 fully saturated rings. The Bertz CT molecular complexity index is 1230. The lowest BCUT2D eigenvalue weighted by Crippen LogP contribution is -2.44. The quantitative estimate of drug-likeness (QED) is 0.501. The van der Waals surface area contributed by atoms with Gasteiger partial charge in [0.1, 0.15) is 5.02 Å². The molecule has 0 aliphatic carbocycles. The molecule has 0 atom stereocenters. The third-order valence-electron chi connectivity index (χ3n) is 5.37. The van der Waals surface area contributed by atoms with E-state index in [1.165, 1.54) is 17.5 Å². The van der Waals surface area contributed by atoms with Gasteiger partial charge < -0.3 is 15.5 Å². The number of nitrogens with zero attached hydrogens (tertiary/aromatic N) is 5. The zero-order valence-electron chi connectivity index (χ0n) is 17.3. The second kappa shape index (κ2) is 9.12. The monoisotopic (exact) mass is 482 g/mol. The summed E-state index contributed by atoms with van der Waals surface area (Å²) in [4.78, 5) is 42.4. The SMILES string of the molecule is O=C1N=Cc2cc(Nc3ncc(Cl)c(NC4CCN(C(=O)Nc5nccs5)CC4)n3)ccc21. The van der Waals surface area contributed by atoms with Gasteiger partial charge in [-0.1, -0.05) is 11.6 Å². The smallest absolute Gasteiger partial charge is 0.323 e. The molecule has 1 aromatic carbocycles. The molecule has 3 N–H and O–H groups in total. The number of anilines is 4. The van der Waals surface area contributed by atoms with Crippen LogP contribution in [0.2, 0.25) is 5.02 Å². The number of hydrogen-bond donors (Lipinski definition) is 3. The van der Waals surface area contributed by atoms with Crippen LogP contribution in [-0.2, 0) is 0 Å². The average Bonchev–Trinajstić information content (AvgIpc) is 3.46. The Morgan fingerprint density at radius 1 is 1.21 bits per heavy atom. The summed E-state index contributed by atoms with van der Waals surface area (Å²) in [5, 5.41) is 12.1. The lowest BCUT2D eigenvalue weighted by atomic mass is 10.1. The first-order valence-electron chi connectivity index (χ1n) is 10.3. The van der Waals surface area contributed by atoms with Gasteiger partial charge in [-0.3, -0.25) is 10.1 Å². The number of carbonyl (C=O) groups is 2. The molecular weight excluding hydrogens is 464 g/mol. The van der Waals surface area contributed by atoms with Gasteiger partial charge in [-0.15, -0.1) is 11.3 Å². The molecule has 33 heavy (non-hydrogen) atoms. The van der Waals surface area contributed by atoms with Crippen molar-refractivity contribution < 1.29 is 9.59 Å². The van der Waals surface area contributed by atoms with Crippen LogP contribution < -0.4 is 16.0 Å². The average molecular weight is 483 g/mol. The van der Waals surface area contributed by atoms with Crippen molar-refractivity contribution in [1.29, 1.82) is 0 Å². The fraction of sp³-hybridized carbons (Fsp3) is 0.238. The summed E-state index contributed by atoms with van der Waals surface area (Å²) in [6.07, 6.45) is 6.25. The molecule has 12 heteroatoms. The van der Waals surface area contributed by atoms with Gasteiger partial charge in [0.25, 0.3) is 5.91 Å². The topological polar surface area (TPSA) is 124 Å². The van der Waals surface area contributed by atoms with Crippen LogP contribution in [0.15, 0.2) is 41.0 Å². The van der Waals surface area contributed by atoms with E-state index in [2.05, 4.69) is 35.9 Å². The van der Waals surface area contributed by atoms with Gasteiger partial charge in [0.2, 0.25) is 5.95 Å². The Labute approximate surface area is 198 Å². The molecule has 2 aromatic heterocycles. The highest BCUT2D eigenvalue weighted by molar-refractivity contribution is 7.13. The predicted molar refractivity (Wildman–Crippen MR) is 128 cm³/mol. The van der Waals surface area contributed by atoms with Crippen LogP contribution in [0.3, 0.4) is 0 Å². The lowest BCUT2D eigenvalue weighted by molar-refractivity contribution is 0.101.